The molecule has 0 aliphatic heterocycles. The summed E-state index contributed by atoms with van der Waals surface area (Å²) in [5, 5.41) is 11.4. The molecule has 2 atom stereocenters. The number of benzene rings is 2. The molecule has 1 heterocycles. The second-order valence-corrected chi connectivity index (χ2v) is 11.2. The van der Waals surface area contributed by atoms with Crippen molar-refractivity contribution >= 4 is 40.8 Å². The van der Waals surface area contributed by atoms with Crippen molar-refractivity contribution < 1.29 is 4.79 Å². The van der Waals surface area contributed by atoms with Crippen molar-refractivity contribution in [2.45, 2.75) is 59.3 Å². The van der Waals surface area contributed by atoms with Gasteiger partial charge in [-0.2, -0.15) is 0 Å². The van der Waals surface area contributed by atoms with Crippen LogP contribution in [0.3, 0.4) is 0 Å². The monoisotopic (exact) mass is 457 g/mol. The minimum atomic E-state index is -0.231. The summed E-state index contributed by atoms with van der Waals surface area (Å²) in [6.07, 6.45) is 0. The lowest BCUT2D eigenvalue weighted by Crippen LogP contribution is -2.33. The number of hydrogen-bond donors (Lipinski definition) is 1. The Bertz CT molecular complexity index is 942. The second-order valence-electron chi connectivity index (χ2n) is 7.42. The molecule has 30 heavy (non-hydrogen) atoms. The molecule has 0 bridgehead atoms. The topological polar surface area (TPSA) is 54.9 Å². The van der Waals surface area contributed by atoms with E-state index < -0.39 is 0 Å². The van der Waals surface area contributed by atoms with E-state index in [0.29, 0.717) is 5.92 Å². The Balaban J connectivity index is 1.48. The van der Waals surface area contributed by atoms with Gasteiger partial charge in [0.15, 0.2) is 8.68 Å². The SMILES string of the molecule is CC(Sc1nnc(SCc2ccc(C(C)C)cc2)s1)C(=O)NC(C)c1ccccc1. The molecule has 0 aliphatic rings. The Morgan fingerprint density at radius 3 is 2.27 bits per heavy atom. The van der Waals surface area contributed by atoms with E-state index >= 15 is 0 Å². The molecule has 2 aromatic carbocycles. The second kappa shape index (κ2) is 11.0. The molecule has 0 radical (unpaired) electrons. The summed E-state index contributed by atoms with van der Waals surface area (Å²) >= 11 is 4.68. The van der Waals surface area contributed by atoms with Gasteiger partial charge in [-0.3, -0.25) is 4.79 Å². The standard InChI is InChI=1S/C23H27N3OS3/c1-15(2)19-12-10-18(11-13-19)14-28-22-25-26-23(30-22)29-17(4)21(27)24-16(3)20-8-6-5-7-9-20/h5-13,15-17H,14H2,1-4H3,(H,24,27). The van der Waals surface area contributed by atoms with Crippen molar-refractivity contribution in [3.8, 4) is 0 Å². The smallest absolute Gasteiger partial charge is 0.233 e. The number of hydrogen-bond acceptors (Lipinski definition) is 6. The highest BCUT2D eigenvalue weighted by Crippen LogP contribution is 2.33. The number of carbonyl (C=O) groups excluding carboxylic acids is 1. The van der Waals surface area contributed by atoms with Crippen LogP contribution < -0.4 is 5.32 Å². The minimum Gasteiger partial charge on any atom is -0.349 e. The van der Waals surface area contributed by atoms with Crippen molar-refractivity contribution in [3.63, 3.8) is 0 Å². The fourth-order valence-electron chi connectivity index (χ4n) is 2.81. The molecule has 1 N–H and O–H groups in total. The molecular formula is C23H27N3OS3. The summed E-state index contributed by atoms with van der Waals surface area (Å²) in [6, 6.07) is 18.7. The van der Waals surface area contributed by atoms with Crippen molar-refractivity contribution in [1.82, 2.24) is 15.5 Å². The zero-order valence-electron chi connectivity index (χ0n) is 17.7. The summed E-state index contributed by atoms with van der Waals surface area (Å²) in [6.45, 7) is 8.31. The quantitative estimate of drug-likeness (QED) is 0.382. The van der Waals surface area contributed by atoms with E-state index in [-0.39, 0.29) is 17.2 Å². The molecule has 2 unspecified atom stereocenters. The van der Waals surface area contributed by atoms with E-state index in [0.717, 1.165) is 20.0 Å². The molecule has 7 heteroatoms. The number of aromatic nitrogens is 2. The Kier molecular flexibility index (Phi) is 8.36. The first-order valence-corrected chi connectivity index (χ1v) is 12.7. The lowest BCUT2D eigenvalue weighted by molar-refractivity contribution is -0.120. The molecular weight excluding hydrogens is 430 g/mol. The fraction of sp³-hybridized carbons (Fsp3) is 0.348. The predicted molar refractivity (Wildman–Crippen MR) is 128 cm³/mol. The van der Waals surface area contributed by atoms with E-state index in [1.807, 2.05) is 44.2 Å². The van der Waals surface area contributed by atoms with Crippen LogP contribution in [0.4, 0.5) is 0 Å². The summed E-state index contributed by atoms with van der Waals surface area (Å²) in [5.41, 5.74) is 3.72. The summed E-state index contributed by atoms with van der Waals surface area (Å²) in [5.74, 6) is 1.41. The van der Waals surface area contributed by atoms with Crippen LogP contribution in [-0.2, 0) is 10.5 Å². The summed E-state index contributed by atoms with van der Waals surface area (Å²) in [7, 11) is 0. The molecule has 0 saturated carbocycles. The maximum absolute atomic E-state index is 12.5. The third kappa shape index (κ3) is 6.59. The fourth-order valence-corrected chi connectivity index (χ4v) is 5.94. The highest BCUT2D eigenvalue weighted by Gasteiger charge is 2.19. The van der Waals surface area contributed by atoms with Crippen LogP contribution in [0.2, 0.25) is 0 Å². The lowest BCUT2D eigenvalue weighted by atomic mass is 10.0. The normalized spacial score (nSPS) is 13.2. The highest BCUT2D eigenvalue weighted by atomic mass is 32.2. The van der Waals surface area contributed by atoms with Crippen molar-refractivity contribution in [2.24, 2.45) is 0 Å². The average molecular weight is 458 g/mol. The number of rotatable bonds is 9. The maximum atomic E-state index is 12.5. The molecule has 0 spiro atoms. The van der Waals surface area contributed by atoms with E-state index in [9.17, 15) is 4.79 Å². The molecule has 0 aliphatic carbocycles. The van der Waals surface area contributed by atoms with E-state index in [4.69, 9.17) is 0 Å². The lowest BCUT2D eigenvalue weighted by Gasteiger charge is -2.17. The van der Waals surface area contributed by atoms with Gasteiger partial charge in [-0.05, 0) is 36.5 Å². The van der Waals surface area contributed by atoms with Gasteiger partial charge in [0.2, 0.25) is 5.91 Å². The first kappa shape index (κ1) is 22.8. The first-order valence-electron chi connectivity index (χ1n) is 9.99. The molecule has 4 nitrogen and oxygen atoms in total. The van der Waals surface area contributed by atoms with Gasteiger partial charge in [0.1, 0.15) is 0 Å². The molecule has 1 amide bonds. The van der Waals surface area contributed by atoms with Crippen LogP contribution >= 0.6 is 34.9 Å². The van der Waals surface area contributed by atoms with Gasteiger partial charge < -0.3 is 5.32 Å². The molecule has 3 rings (SSSR count). The average Bonchev–Trinajstić information content (AvgIpc) is 3.20. The number of nitrogens with zero attached hydrogens (tertiary/aromatic N) is 2. The Morgan fingerprint density at radius 1 is 0.933 bits per heavy atom. The number of amides is 1. The summed E-state index contributed by atoms with van der Waals surface area (Å²) < 4.78 is 1.75. The van der Waals surface area contributed by atoms with Gasteiger partial charge in [0.05, 0.1) is 11.3 Å². The number of carbonyl (C=O) groups is 1. The van der Waals surface area contributed by atoms with E-state index in [1.165, 1.54) is 22.9 Å². The molecule has 0 fully saturated rings. The zero-order valence-corrected chi connectivity index (χ0v) is 20.1. The molecule has 3 aromatic rings. The number of nitrogens with one attached hydrogen (secondary N) is 1. The van der Waals surface area contributed by atoms with Crippen LogP contribution in [-0.4, -0.2) is 21.4 Å². The first-order chi connectivity index (χ1) is 14.4. The van der Waals surface area contributed by atoms with E-state index in [2.05, 4.69) is 53.6 Å². The molecule has 0 saturated heterocycles. The third-order valence-electron chi connectivity index (χ3n) is 4.70. The third-order valence-corrected chi connectivity index (χ3v) is 8.01. The van der Waals surface area contributed by atoms with Crippen LogP contribution in [0.15, 0.2) is 63.3 Å². The van der Waals surface area contributed by atoms with Crippen LogP contribution in [0.5, 0.6) is 0 Å². The van der Waals surface area contributed by atoms with Crippen molar-refractivity contribution in [2.75, 3.05) is 0 Å². The Morgan fingerprint density at radius 2 is 1.60 bits per heavy atom. The van der Waals surface area contributed by atoms with Gasteiger partial charge in [-0.15, -0.1) is 10.2 Å². The van der Waals surface area contributed by atoms with Crippen LogP contribution in [0, 0.1) is 0 Å². The molecule has 1 aromatic heterocycles. The number of thioether (sulfide) groups is 2. The largest absolute Gasteiger partial charge is 0.349 e. The van der Waals surface area contributed by atoms with Crippen LogP contribution in [0.1, 0.15) is 56.3 Å². The highest BCUT2D eigenvalue weighted by molar-refractivity contribution is 8.03. The van der Waals surface area contributed by atoms with Gasteiger partial charge in [0.25, 0.3) is 0 Å². The van der Waals surface area contributed by atoms with Gasteiger partial charge in [-0.1, -0.05) is 103 Å². The zero-order chi connectivity index (χ0) is 21.5. The van der Waals surface area contributed by atoms with E-state index in [1.54, 1.807) is 23.1 Å². The predicted octanol–water partition coefficient (Wildman–Crippen LogP) is 6.31. The van der Waals surface area contributed by atoms with Gasteiger partial charge >= 0.3 is 0 Å². The van der Waals surface area contributed by atoms with Crippen molar-refractivity contribution in [1.29, 1.82) is 0 Å². The van der Waals surface area contributed by atoms with Gasteiger partial charge in [-0.25, -0.2) is 0 Å². The van der Waals surface area contributed by atoms with Crippen LogP contribution in [0.25, 0.3) is 0 Å². The van der Waals surface area contributed by atoms with Crippen molar-refractivity contribution in [3.05, 3.63) is 71.3 Å². The Hall–Kier alpha value is -1.83. The minimum absolute atomic E-state index is 0.00555. The maximum Gasteiger partial charge on any atom is 0.233 e. The molecule has 158 valence electrons. The van der Waals surface area contributed by atoms with Gasteiger partial charge in [0, 0.05) is 5.75 Å². The summed E-state index contributed by atoms with van der Waals surface area (Å²) in [4.78, 5) is 12.5. The Labute approximate surface area is 191 Å².